The summed E-state index contributed by atoms with van der Waals surface area (Å²) in [5, 5.41) is 19.3. The number of fused-ring (bicyclic) bond motifs is 2. The van der Waals surface area contributed by atoms with Gasteiger partial charge in [-0.05, 0) is 36.1 Å². The Balaban J connectivity index is 1.36. The molecule has 3 heterocycles. The largest absolute Gasteiger partial charge is 0.480 e. The Hall–Kier alpha value is -5.96. The van der Waals surface area contributed by atoms with E-state index in [1.165, 1.54) is 12.5 Å². The topological polar surface area (TPSA) is 254 Å². The van der Waals surface area contributed by atoms with Crippen LogP contribution in [0.2, 0.25) is 0 Å². The van der Waals surface area contributed by atoms with Gasteiger partial charge >= 0.3 is 5.97 Å². The van der Waals surface area contributed by atoms with Gasteiger partial charge in [0.2, 0.25) is 23.6 Å². The van der Waals surface area contributed by atoms with Crippen molar-refractivity contribution in [1.82, 2.24) is 35.9 Å². The Morgan fingerprint density at radius 3 is 1.83 bits per heavy atom. The van der Waals surface area contributed by atoms with Gasteiger partial charge in [0.25, 0.3) is 0 Å². The number of aromatic nitrogens is 4. The molecule has 0 aliphatic heterocycles. The number of imidazole rings is 1. The number of amides is 4. The van der Waals surface area contributed by atoms with E-state index in [-0.39, 0.29) is 32.1 Å². The lowest BCUT2D eigenvalue weighted by molar-refractivity contribution is -0.142. The molecule has 0 aliphatic carbocycles. The Morgan fingerprint density at radius 2 is 1.27 bits per heavy atom. The van der Waals surface area contributed by atoms with E-state index in [2.05, 4.69) is 35.9 Å². The fourth-order valence-corrected chi connectivity index (χ4v) is 5.55. The smallest absolute Gasteiger partial charge is 0.326 e. The summed E-state index contributed by atoms with van der Waals surface area (Å²) in [4.78, 5) is 77.3. The lowest BCUT2D eigenvalue weighted by Crippen LogP contribution is -2.58. The average Bonchev–Trinajstić information content (AvgIpc) is 3.83. The maximum Gasteiger partial charge on any atom is 0.326 e. The van der Waals surface area contributed by atoms with Crippen LogP contribution < -0.4 is 27.4 Å². The highest BCUT2D eigenvalue weighted by atomic mass is 16.4. The molecule has 5 rings (SSSR count). The Morgan fingerprint density at radius 1 is 0.729 bits per heavy atom. The minimum atomic E-state index is -1.43. The van der Waals surface area contributed by atoms with E-state index < -0.39 is 53.8 Å². The van der Waals surface area contributed by atoms with Crippen LogP contribution in [0, 0.1) is 0 Å². The number of benzene rings is 2. The first kappa shape index (κ1) is 33.4. The number of carbonyl (C=O) groups is 5. The molecular weight excluding hydrogens is 618 g/mol. The number of carboxylic acids is 1. The number of nitrogens with one attached hydrogen (secondary N) is 6. The Kier molecular flexibility index (Phi) is 10.5. The van der Waals surface area contributed by atoms with Crippen LogP contribution in [0.15, 0.2) is 73.4 Å². The zero-order valence-corrected chi connectivity index (χ0v) is 25.9. The summed E-state index contributed by atoms with van der Waals surface area (Å²) in [5.41, 5.74) is 15.3. The summed E-state index contributed by atoms with van der Waals surface area (Å²) in [6.45, 7) is 0. The highest BCUT2D eigenvalue weighted by Gasteiger charge is 2.32. The molecule has 48 heavy (non-hydrogen) atoms. The van der Waals surface area contributed by atoms with E-state index in [0.29, 0.717) is 11.3 Å². The zero-order valence-electron chi connectivity index (χ0n) is 25.9. The molecule has 0 bridgehead atoms. The van der Waals surface area contributed by atoms with Gasteiger partial charge in [0, 0.05) is 65.4 Å². The molecule has 0 saturated carbocycles. The van der Waals surface area contributed by atoms with Crippen LogP contribution >= 0.6 is 0 Å². The second-order valence-corrected chi connectivity index (χ2v) is 11.5. The van der Waals surface area contributed by atoms with Crippen molar-refractivity contribution < 1.29 is 29.1 Å². The molecule has 0 radical (unpaired) electrons. The van der Waals surface area contributed by atoms with Crippen molar-refractivity contribution in [3.63, 3.8) is 0 Å². The predicted octanol–water partition coefficient (Wildman–Crippen LogP) is 0.532. The minimum Gasteiger partial charge on any atom is -0.480 e. The summed E-state index contributed by atoms with van der Waals surface area (Å²) < 4.78 is 0. The molecule has 11 N–H and O–H groups in total. The molecule has 4 amide bonds. The zero-order chi connectivity index (χ0) is 34.2. The van der Waals surface area contributed by atoms with Crippen LogP contribution in [0.25, 0.3) is 21.8 Å². The molecule has 0 aliphatic rings. The first-order valence-corrected chi connectivity index (χ1v) is 15.3. The monoisotopic (exact) mass is 655 g/mol. The highest BCUT2D eigenvalue weighted by Crippen LogP contribution is 2.20. The van der Waals surface area contributed by atoms with Crippen molar-refractivity contribution in [2.75, 3.05) is 0 Å². The SMILES string of the molecule is NC(=O)CCC(NC(=O)C(Cc1c[nH]c2ccccc12)NC(=O)C(Cc1cnc[nH]1)NC(=O)C(N)Cc1c[nH]c2ccccc12)C(=O)O. The molecule has 3 aromatic heterocycles. The number of carboxylic acid groups (broad SMARTS) is 1. The normalized spacial score (nSPS) is 13.8. The van der Waals surface area contributed by atoms with Gasteiger partial charge in [0.15, 0.2) is 0 Å². The fraction of sp³-hybridized carbons (Fsp3) is 0.273. The molecule has 15 nitrogen and oxygen atoms in total. The third-order valence-electron chi connectivity index (χ3n) is 8.09. The van der Waals surface area contributed by atoms with Gasteiger partial charge in [-0.2, -0.15) is 0 Å². The summed E-state index contributed by atoms with van der Waals surface area (Å²) in [6, 6.07) is 10.1. The first-order chi connectivity index (χ1) is 23.1. The van der Waals surface area contributed by atoms with E-state index >= 15 is 0 Å². The molecular formula is C33H37N9O6. The van der Waals surface area contributed by atoms with Crippen LogP contribution in [-0.4, -0.2) is 78.8 Å². The molecule has 2 aromatic carbocycles. The molecule has 0 saturated heterocycles. The average molecular weight is 656 g/mol. The third-order valence-corrected chi connectivity index (χ3v) is 8.09. The number of primary amides is 1. The number of H-pyrrole nitrogens is 3. The number of hydrogen-bond donors (Lipinski definition) is 9. The second-order valence-electron chi connectivity index (χ2n) is 11.5. The van der Waals surface area contributed by atoms with E-state index in [9.17, 15) is 29.1 Å². The van der Waals surface area contributed by atoms with E-state index in [4.69, 9.17) is 11.5 Å². The third kappa shape index (κ3) is 8.24. The van der Waals surface area contributed by atoms with Gasteiger partial charge in [-0.3, -0.25) is 19.2 Å². The number of para-hydroxylation sites is 2. The second kappa shape index (κ2) is 15.1. The maximum atomic E-state index is 13.9. The Labute approximate surface area is 274 Å². The molecule has 15 heteroatoms. The molecule has 5 aromatic rings. The number of nitrogens with zero attached hydrogens (tertiary/aromatic N) is 1. The maximum absolute atomic E-state index is 13.9. The van der Waals surface area contributed by atoms with Crippen molar-refractivity contribution >= 4 is 51.4 Å². The van der Waals surface area contributed by atoms with Crippen LogP contribution in [0.4, 0.5) is 0 Å². The number of nitrogens with two attached hydrogens (primary N) is 2. The highest BCUT2D eigenvalue weighted by molar-refractivity contribution is 5.95. The van der Waals surface area contributed by atoms with Gasteiger partial charge in [0.1, 0.15) is 18.1 Å². The number of aromatic amines is 3. The lowest BCUT2D eigenvalue weighted by atomic mass is 10.0. The lowest BCUT2D eigenvalue weighted by Gasteiger charge is -2.25. The van der Waals surface area contributed by atoms with Crippen molar-refractivity contribution in [3.05, 3.63) is 90.3 Å². The van der Waals surface area contributed by atoms with E-state index in [0.717, 1.165) is 27.4 Å². The summed E-state index contributed by atoms with van der Waals surface area (Å²) in [5.74, 6) is -4.18. The van der Waals surface area contributed by atoms with E-state index in [1.807, 2.05) is 48.5 Å². The summed E-state index contributed by atoms with van der Waals surface area (Å²) >= 11 is 0. The number of hydrogen-bond acceptors (Lipinski definition) is 7. The summed E-state index contributed by atoms with van der Waals surface area (Å²) in [7, 11) is 0. The van der Waals surface area contributed by atoms with Gasteiger partial charge in [0.05, 0.1) is 12.4 Å². The fourth-order valence-electron chi connectivity index (χ4n) is 5.55. The van der Waals surface area contributed by atoms with Gasteiger partial charge < -0.3 is 47.5 Å². The van der Waals surface area contributed by atoms with E-state index in [1.54, 1.807) is 12.4 Å². The van der Waals surface area contributed by atoms with Crippen molar-refractivity contribution in [1.29, 1.82) is 0 Å². The van der Waals surface area contributed by atoms with Crippen molar-refractivity contribution in [2.45, 2.75) is 56.3 Å². The van der Waals surface area contributed by atoms with Crippen molar-refractivity contribution in [2.24, 2.45) is 11.5 Å². The van der Waals surface area contributed by atoms with Crippen LogP contribution in [0.1, 0.15) is 29.7 Å². The van der Waals surface area contributed by atoms with Gasteiger partial charge in [-0.1, -0.05) is 36.4 Å². The minimum absolute atomic E-state index is 0.00480. The summed E-state index contributed by atoms with van der Waals surface area (Å²) in [6.07, 6.45) is 6.09. The molecule has 0 fully saturated rings. The molecule has 0 spiro atoms. The molecule has 4 atom stereocenters. The quantitative estimate of drug-likeness (QED) is 0.0723. The van der Waals surface area contributed by atoms with Gasteiger partial charge in [-0.15, -0.1) is 0 Å². The number of carbonyl (C=O) groups excluding carboxylic acids is 4. The van der Waals surface area contributed by atoms with Crippen LogP contribution in [0.3, 0.4) is 0 Å². The number of rotatable bonds is 16. The predicted molar refractivity (Wildman–Crippen MR) is 176 cm³/mol. The Bertz CT molecular complexity index is 1910. The standard InChI is InChI=1S/C33H37N9O6/c34-23(11-18-14-37-24-7-3-1-5-21(18)24)30(44)41-28(13-20-16-36-17-39-20)32(46)42-27(12-19-15-38-25-8-4-2-6-22(19)25)31(45)40-26(33(47)48)9-10-29(35)43/h1-8,14-17,23,26-28,37-38H,9-13,34H2,(H2,35,43)(H,36,39)(H,40,45)(H,41,44)(H,42,46)(H,47,48). The van der Waals surface area contributed by atoms with Gasteiger partial charge in [-0.25, -0.2) is 9.78 Å². The van der Waals surface area contributed by atoms with Crippen LogP contribution in [-0.2, 0) is 43.2 Å². The van der Waals surface area contributed by atoms with Crippen molar-refractivity contribution in [3.8, 4) is 0 Å². The molecule has 4 unspecified atom stereocenters. The molecule has 250 valence electrons. The first-order valence-electron chi connectivity index (χ1n) is 15.3. The number of aliphatic carboxylic acids is 1. The van der Waals surface area contributed by atoms with Crippen LogP contribution in [0.5, 0.6) is 0 Å².